The highest BCUT2D eigenvalue weighted by Gasteiger charge is 2.29. The maximum absolute atomic E-state index is 11.8. The fraction of sp³-hybridized carbons (Fsp3) is 0.462. The molecule has 1 saturated carbocycles. The van der Waals surface area contributed by atoms with Gasteiger partial charge < -0.3 is 24.4 Å². The van der Waals surface area contributed by atoms with E-state index in [0.717, 1.165) is 41.5 Å². The molecular formula is C26H31NO6S. The van der Waals surface area contributed by atoms with Crippen molar-refractivity contribution >= 4 is 27.5 Å². The number of ether oxygens (including phenoxy) is 3. The van der Waals surface area contributed by atoms with Gasteiger partial charge in [0.25, 0.3) is 0 Å². The van der Waals surface area contributed by atoms with Crippen LogP contribution >= 0.6 is 11.3 Å². The lowest BCUT2D eigenvalue weighted by atomic mass is 10.00. The van der Waals surface area contributed by atoms with E-state index in [4.69, 9.17) is 14.2 Å². The molecule has 3 aromatic rings. The number of rotatable bonds is 10. The van der Waals surface area contributed by atoms with Crippen molar-refractivity contribution in [3.63, 3.8) is 0 Å². The fourth-order valence-corrected chi connectivity index (χ4v) is 5.53. The van der Waals surface area contributed by atoms with Crippen LogP contribution in [0.5, 0.6) is 11.5 Å². The Labute approximate surface area is 203 Å². The summed E-state index contributed by atoms with van der Waals surface area (Å²) in [6.45, 7) is 4.26. The molecule has 1 aliphatic rings. The number of nitrogens with zero attached hydrogens (tertiary/aromatic N) is 1. The van der Waals surface area contributed by atoms with Gasteiger partial charge in [0.2, 0.25) is 0 Å². The van der Waals surface area contributed by atoms with E-state index in [1.54, 1.807) is 7.11 Å². The summed E-state index contributed by atoms with van der Waals surface area (Å²) in [7, 11) is 1.61. The van der Waals surface area contributed by atoms with E-state index in [-0.39, 0.29) is 11.7 Å². The lowest BCUT2D eigenvalue weighted by Gasteiger charge is -2.26. The zero-order valence-corrected chi connectivity index (χ0v) is 20.6. The minimum absolute atomic E-state index is 0.0977. The highest BCUT2D eigenvalue weighted by atomic mass is 32.1. The Kier molecular flexibility index (Phi) is 7.70. The van der Waals surface area contributed by atoms with Gasteiger partial charge in [-0.25, -0.2) is 9.78 Å². The normalized spacial score (nSPS) is 16.0. The van der Waals surface area contributed by atoms with E-state index in [9.17, 15) is 15.0 Å². The third-order valence-corrected chi connectivity index (χ3v) is 7.25. The molecule has 0 aliphatic heterocycles. The Balaban J connectivity index is 1.67. The smallest absolute Gasteiger partial charge is 0.338 e. The van der Waals surface area contributed by atoms with Crippen LogP contribution in [0.1, 0.15) is 65.2 Å². The number of hydrogen-bond donors (Lipinski definition) is 2. The predicted octanol–water partition coefficient (Wildman–Crippen LogP) is 5.31. The Morgan fingerprint density at radius 1 is 1.24 bits per heavy atom. The monoisotopic (exact) mass is 485 g/mol. The molecule has 1 heterocycles. The van der Waals surface area contributed by atoms with Crippen molar-refractivity contribution in [2.45, 2.75) is 64.3 Å². The number of benzene rings is 2. The van der Waals surface area contributed by atoms with Gasteiger partial charge in [-0.15, -0.1) is 11.3 Å². The van der Waals surface area contributed by atoms with Gasteiger partial charge in [0.05, 0.1) is 46.7 Å². The predicted molar refractivity (Wildman–Crippen MR) is 131 cm³/mol. The second kappa shape index (κ2) is 10.7. The molecule has 34 heavy (non-hydrogen) atoms. The van der Waals surface area contributed by atoms with Crippen LogP contribution in [0.3, 0.4) is 0 Å². The lowest BCUT2D eigenvalue weighted by Crippen LogP contribution is -2.29. The first kappa shape index (κ1) is 24.4. The summed E-state index contributed by atoms with van der Waals surface area (Å²) in [5.74, 6) is 0.174. The van der Waals surface area contributed by atoms with Crippen LogP contribution in [0, 0.1) is 6.92 Å². The van der Waals surface area contributed by atoms with Crippen LogP contribution in [0.2, 0.25) is 0 Å². The number of carboxylic acid groups (broad SMARTS) is 1. The third-order valence-electron chi connectivity index (χ3n) is 6.23. The van der Waals surface area contributed by atoms with E-state index in [1.807, 2.05) is 38.1 Å². The second-order valence-corrected chi connectivity index (χ2v) is 9.74. The largest absolute Gasteiger partial charge is 0.496 e. The van der Waals surface area contributed by atoms with Gasteiger partial charge in [-0.3, -0.25) is 0 Å². The van der Waals surface area contributed by atoms with Crippen molar-refractivity contribution < 1.29 is 29.2 Å². The highest BCUT2D eigenvalue weighted by molar-refractivity contribution is 7.18. The molecule has 4 rings (SSSR count). The van der Waals surface area contributed by atoms with Crippen molar-refractivity contribution in [1.29, 1.82) is 0 Å². The Morgan fingerprint density at radius 2 is 2.00 bits per heavy atom. The van der Waals surface area contributed by atoms with Crippen LogP contribution < -0.4 is 9.47 Å². The van der Waals surface area contributed by atoms with Crippen molar-refractivity contribution in [1.82, 2.24) is 4.98 Å². The van der Waals surface area contributed by atoms with Crippen LogP contribution in [0.4, 0.5) is 0 Å². The minimum atomic E-state index is -1.05. The summed E-state index contributed by atoms with van der Waals surface area (Å²) < 4.78 is 18.1. The molecule has 7 nitrogen and oxygen atoms in total. The van der Waals surface area contributed by atoms with Crippen LogP contribution in [0.25, 0.3) is 10.2 Å². The zero-order valence-electron chi connectivity index (χ0n) is 19.7. The molecule has 2 N–H and O–H groups in total. The number of aromatic nitrogens is 1. The Hall–Kier alpha value is -2.68. The molecule has 182 valence electrons. The number of aryl methyl sites for hydroxylation is 1. The number of aliphatic hydroxyl groups is 1. The summed E-state index contributed by atoms with van der Waals surface area (Å²) >= 11 is 1.41. The molecule has 1 aromatic heterocycles. The first-order valence-corrected chi connectivity index (χ1v) is 12.5. The van der Waals surface area contributed by atoms with E-state index in [1.165, 1.54) is 17.4 Å². The van der Waals surface area contributed by atoms with Crippen molar-refractivity contribution in [3.8, 4) is 11.5 Å². The number of aromatic carboxylic acids is 1. The van der Waals surface area contributed by atoms with Crippen molar-refractivity contribution in [2.75, 3.05) is 13.7 Å². The van der Waals surface area contributed by atoms with Gasteiger partial charge in [0.15, 0.2) is 0 Å². The summed E-state index contributed by atoms with van der Waals surface area (Å²) in [6, 6.07) is 9.00. The summed E-state index contributed by atoms with van der Waals surface area (Å²) in [6.07, 6.45) is 3.26. The summed E-state index contributed by atoms with van der Waals surface area (Å²) in [5, 5.41) is 21.7. The summed E-state index contributed by atoms with van der Waals surface area (Å²) in [4.78, 5) is 16.5. The molecule has 0 bridgehead atoms. The molecule has 0 amide bonds. The van der Waals surface area contributed by atoms with Crippen LogP contribution in [-0.2, 0) is 11.2 Å². The average molecular weight is 486 g/mol. The topological polar surface area (TPSA) is 98.1 Å². The van der Waals surface area contributed by atoms with Crippen LogP contribution in [0.15, 0.2) is 30.3 Å². The number of carbonyl (C=O) groups is 1. The number of hydrogen-bond acceptors (Lipinski definition) is 7. The van der Waals surface area contributed by atoms with Crippen LogP contribution in [-0.4, -0.2) is 47.1 Å². The number of carboxylic acids is 1. The standard InChI is InChI=1S/C26H31NO6S/c1-4-32-18-12-19(26(29)30)24-22(13-18)34-23(27-24)14-21(33-17-7-5-6-8-17)25(28)16-10-9-15(2)20(11-16)31-3/h9-13,17,21,25,28H,4-8,14H2,1-3H3,(H,29,30). The first-order valence-electron chi connectivity index (χ1n) is 11.7. The Bertz CT molecular complexity index is 1150. The summed E-state index contributed by atoms with van der Waals surface area (Å²) in [5.41, 5.74) is 2.25. The second-order valence-electron chi connectivity index (χ2n) is 8.62. The van der Waals surface area contributed by atoms with Gasteiger partial charge >= 0.3 is 5.97 Å². The number of thiazole rings is 1. The molecule has 1 fully saturated rings. The highest BCUT2D eigenvalue weighted by Crippen LogP contribution is 2.35. The zero-order chi connectivity index (χ0) is 24.2. The van der Waals surface area contributed by atoms with Gasteiger partial charge in [-0.05, 0) is 56.0 Å². The van der Waals surface area contributed by atoms with E-state index >= 15 is 0 Å². The molecule has 2 unspecified atom stereocenters. The molecule has 0 spiro atoms. The fourth-order valence-electron chi connectivity index (χ4n) is 4.46. The SMILES string of the molecule is CCOc1cc(C(=O)O)c2nc(CC(OC3CCCC3)C(O)c3ccc(C)c(OC)c3)sc2c1. The van der Waals surface area contributed by atoms with Crippen molar-refractivity contribution in [2.24, 2.45) is 0 Å². The molecule has 2 aromatic carbocycles. The maximum Gasteiger partial charge on any atom is 0.338 e. The molecule has 1 aliphatic carbocycles. The van der Waals surface area contributed by atoms with Gasteiger partial charge in [0, 0.05) is 6.42 Å². The van der Waals surface area contributed by atoms with E-state index < -0.39 is 18.2 Å². The van der Waals surface area contributed by atoms with Gasteiger partial charge in [-0.2, -0.15) is 0 Å². The number of methoxy groups -OCH3 is 1. The van der Waals surface area contributed by atoms with E-state index in [2.05, 4.69) is 4.98 Å². The number of aliphatic hydroxyl groups excluding tert-OH is 1. The first-order chi connectivity index (χ1) is 16.4. The quantitative estimate of drug-likeness (QED) is 0.401. The van der Waals surface area contributed by atoms with Crippen molar-refractivity contribution in [3.05, 3.63) is 52.0 Å². The number of fused-ring (bicyclic) bond motifs is 1. The Morgan fingerprint density at radius 3 is 2.68 bits per heavy atom. The maximum atomic E-state index is 11.8. The molecule has 0 radical (unpaired) electrons. The average Bonchev–Trinajstić information content (AvgIpc) is 3.47. The molecule has 8 heteroatoms. The molecular weight excluding hydrogens is 454 g/mol. The van der Waals surface area contributed by atoms with Gasteiger partial charge in [-0.1, -0.05) is 25.0 Å². The molecule has 2 atom stereocenters. The van der Waals surface area contributed by atoms with E-state index in [0.29, 0.717) is 35.1 Å². The third kappa shape index (κ3) is 5.35. The minimum Gasteiger partial charge on any atom is -0.496 e. The molecule has 0 saturated heterocycles. The lowest BCUT2D eigenvalue weighted by molar-refractivity contribution is -0.0753. The van der Waals surface area contributed by atoms with Gasteiger partial charge in [0.1, 0.15) is 17.6 Å².